The first-order valence-electron chi connectivity index (χ1n) is 12.6. The molecule has 1 aliphatic heterocycles. The normalized spacial score (nSPS) is 15.0. The van der Waals surface area contributed by atoms with Gasteiger partial charge in [-0.05, 0) is 64.9 Å². The number of fused-ring (bicyclic) bond motifs is 1. The number of allylic oxidation sites excluding steroid dienone is 1. The summed E-state index contributed by atoms with van der Waals surface area (Å²) in [5.74, 6) is -2.70. The van der Waals surface area contributed by atoms with Crippen molar-refractivity contribution in [3.8, 4) is 11.1 Å². The smallest absolute Gasteiger partial charge is 0.328 e. The van der Waals surface area contributed by atoms with Crippen LogP contribution in [0.3, 0.4) is 0 Å². The van der Waals surface area contributed by atoms with Crippen molar-refractivity contribution < 1.29 is 24.2 Å². The standard InChI is InChI=1S/C27H27FN2.C4H4O4/c28-23-12-9-21(10-13-23)25-7-4-8-26-22(11-14-27(25)26)15-16-29-17-19-30(20-18-29)24-5-2-1-3-6-24;5-3(6)1-2-4(7)8/h1-13H,14-20H2;1-2H,(H,5,6)(H,7,8). The fraction of sp³-hybridized carbons (Fsp3) is 0.226. The van der Waals surface area contributed by atoms with Crippen molar-refractivity contribution in [2.75, 3.05) is 37.6 Å². The number of anilines is 1. The Morgan fingerprint density at radius 2 is 1.42 bits per heavy atom. The summed E-state index contributed by atoms with van der Waals surface area (Å²) >= 11 is 0. The zero-order chi connectivity index (χ0) is 26.9. The van der Waals surface area contributed by atoms with Gasteiger partial charge in [0.1, 0.15) is 5.82 Å². The summed E-state index contributed by atoms with van der Waals surface area (Å²) in [5, 5.41) is 15.6. The average Bonchev–Trinajstić information content (AvgIpc) is 3.36. The summed E-state index contributed by atoms with van der Waals surface area (Å²) in [6.07, 6.45) is 5.56. The molecule has 0 spiro atoms. The number of carboxylic acid groups (broad SMARTS) is 2. The summed E-state index contributed by atoms with van der Waals surface area (Å²) in [5.41, 5.74) is 7.88. The maximum absolute atomic E-state index is 13.3. The maximum atomic E-state index is 13.3. The first-order valence-corrected chi connectivity index (χ1v) is 12.6. The van der Waals surface area contributed by atoms with E-state index in [1.54, 1.807) is 12.1 Å². The SMILES string of the molecule is Fc1ccc(-c2cccc3c2CC=C3CCN2CCN(c3ccccc3)CC2)cc1.O=C(O)C=CC(=O)O. The number of aliphatic carboxylic acids is 2. The number of hydrogen-bond acceptors (Lipinski definition) is 4. The molecule has 0 radical (unpaired) electrons. The van der Waals surface area contributed by atoms with Crippen LogP contribution in [-0.2, 0) is 16.0 Å². The fourth-order valence-electron chi connectivity index (χ4n) is 4.87. The van der Waals surface area contributed by atoms with E-state index in [-0.39, 0.29) is 5.82 Å². The van der Waals surface area contributed by atoms with Crippen LogP contribution in [0.25, 0.3) is 16.7 Å². The van der Waals surface area contributed by atoms with Crippen LogP contribution in [0.1, 0.15) is 17.5 Å². The minimum Gasteiger partial charge on any atom is -0.478 e. The van der Waals surface area contributed by atoms with Crippen LogP contribution in [0, 0.1) is 5.82 Å². The van der Waals surface area contributed by atoms with Gasteiger partial charge in [-0.1, -0.05) is 54.6 Å². The Morgan fingerprint density at radius 3 is 2.05 bits per heavy atom. The quantitative estimate of drug-likeness (QED) is 0.414. The van der Waals surface area contributed by atoms with E-state index in [2.05, 4.69) is 64.4 Å². The molecule has 1 saturated heterocycles. The summed E-state index contributed by atoms with van der Waals surface area (Å²) < 4.78 is 13.3. The Hall–Kier alpha value is -4.23. The molecule has 0 unspecified atom stereocenters. The van der Waals surface area contributed by atoms with Gasteiger partial charge in [-0.2, -0.15) is 0 Å². The maximum Gasteiger partial charge on any atom is 0.328 e. The topological polar surface area (TPSA) is 81.1 Å². The predicted octanol–water partition coefficient (Wildman–Crippen LogP) is 5.36. The molecule has 5 rings (SSSR count). The highest BCUT2D eigenvalue weighted by molar-refractivity contribution is 5.89. The predicted molar refractivity (Wildman–Crippen MR) is 148 cm³/mol. The molecule has 3 aromatic carbocycles. The van der Waals surface area contributed by atoms with Gasteiger partial charge in [0.05, 0.1) is 0 Å². The van der Waals surface area contributed by atoms with Crippen LogP contribution >= 0.6 is 0 Å². The molecule has 3 aromatic rings. The van der Waals surface area contributed by atoms with E-state index >= 15 is 0 Å². The number of rotatable bonds is 7. The Bertz CT molecular complexity index is 1300. The van der Waals surface area contributed by atoms with Gasteiger partial charge >= 0.3 is 11.9 Å². The minimum atomic E-state index is -1.26. The highest BCUT2D eigenvalue weighted by Crippen LogP contribution is 2.36. The van der Waals surface area contributed by atoms with Crippen molar-refractivity contribution in [3.05, 3.63) is 108 Å². The molecule has 38 heavy (non-hydrogen) atoms. The molecule has 196 valence electrons. The molecule has 7 heteroatoms. The molecule has 0 atom stereocenters. The molecule has 1 fully saturated rings. The molecule has 6 nitrogen and oxygen atoms in total. The van der Waals surface area contributed by atoms with Crippen LogP contribution in [0.4, 0.5) is 10.1 Å². The number of halogens is 1. The van der Waals surface area contributed by atoms with Crippen molar-refractivity contribution >= 4 is 23.2 Å². The number of benzene rings is 3. The van der Waals surface area contributed by atoms with E-state index in [9.17, 15) is 14.0 Å². The van der Waals surface area contributed by atoms with Crippen molar-refractivity contribution in [1.29, 1.82) is 0 Å². The molecule has 0 amide bonds. The van der Waals surface area contributed by atoms with Crippen molar-refractivity contribution in [2.24, 2.45) is 0 Å². The van der Waals surface area contributed by atoms with Crippen molar-refractivity contribution in [3.63, 3.8) is 0 Å². The highest BCUT2D eigenvalue weighted by Gasteiger charge is 2.21. The largest absolute Gasteiger partial charge is 0.478 e. The van der Waals surface area contributed by atoms with Crippen molar-refractivity contribution in [1.82, 2.24) is 4.90 Å². The van der Waals surface area contributed by atoms with Gasteiger partial charge < -0.3 is 15.1 Å². The third kappa shape index (κ3) is 7.17. The lowest BCUT2D eigenvalue weighted by molar-refractivity contribution is -0.134. The first-order chi connectivity index (χ1) is 18.4. The average molecular weight is 515 g/mol. The van der Waals surface area contributed by atoms with E-state index in [1.165, 1.54) is 28.0 Å². The van der Waals surface area contributed by atoms with Gasteiger partial charge in [0.15, 0.2) is 0 Å². The zero-order valence-electron chi connectivity index (χ0n) is 21.1. The second kappa shape index (κ2) is 12.8. The Kier molecular flexibility index (Phi) is 9.06. The van der Waals surface area contributed by atoms with E-state index < -0.39 is 11.9 Å². The van der Waals surface area contributed by atoms with Gasteiger partial charge in [-0.15, -0.1) is 0 Å². The summed E-state index contributed by atoms with van der Waals surface area (Å²) in [6, 6.07) is 24.1. The Labute approximate surface area is 222 Å². The van der Waals surface area contributed by atoms with Crippen LogP contribution in [-0.4, -0.2) is 59.8 Å². The number of nitrogens with zero attached hydrogens (tertiary/aromatic N) is 2. The molecule has 0 aromatic heterocycles. The molecule has 2 N–H and O–H groups in total. The van der Waals surface area contributed by atoms with E-state index in [1.807, 2.05) is 12.1 Å². The Morgan fingerprint density at radius 1 is 0.789 bits per heavy atom. The van der Waals surface area contributed by atoms with Gasteiger partial charge in [0.25, 0.3) is 0 Å². The molecule has 0 saturated carbocycles. The van der Waals surface area contributed by atoms with E-state index in [0.717, 1.165) is 51.1 Å². The van der Waals surface area contributed by atoms with Crippen LogP contribution < -0.4 is 4.90 Å². The van der Waals surface area contributed by atoms with Crippen molar-refractivity contribution in [2.45, 2.75) is 12.8 Å². The number of carbonyl (C=O) groups is 2. The molecule has 0 bridgehead atoms. The minimum absolute atomic E-state index is 0.183. The summed E-state index contributed by atoms with van der Waals surface area (Å²) in [7, 11) is 0. The third-order valence-corrected chi connectivity index (χ3v) is 6.79. The lowest BCUT2D eigenvalue weighted by Gasteiger charge is -2.36. The second-order valence-electron chi connectivity index (χ2n) is 9.20. The number of para-hydroxylation sites is 1. The monoisotopic (exact) mass is 514 g/mol. The second-order valence-corrected chi connectivity index (χ2v) is 9.20. The lowest BCUT2D eigenvalue weighted by atomic mass is 9.94. The van der Waals surface area contributed by atoms with Gasteiger partial charge in [-0.3, -0.25) is 4.90 Å². The van der Waals surface area contributed by atoms with Gasteiger partial charge in [0.2, 0.25) is 0 Å². The fourth-order valence-corrected chi connectivity index (χ4v) is 4.87. The molecule has 1 aliphatic carbocycles. The van der Waals surface area contributed by atoms with Gasteiger partial charge in [0, 0.05) is 50.6 Å². The lowest BCUT2D eigenvalue weighted by Crippen LogP contribution is -2.46. The number of piperazine rings is 1. The molecule has 1 heterocycles. The van der Waals surface area contributed by atoms with Crippen LogP contribution in [0.15, 0.2) is 91.0 Å². The van der Waals surface area contributed by atoms with E-state index in [4.69, 9.17) is 10.2 Å². The summed E-state index contributed by atoms with van der Waals surface area (Å²) in [6.45, 7) is 5.52. The number of carboxylic acids is 2. The van der Waals surface area contributed by atoms with Gasteiger partial charge in [-0.25, -0.2) is 14.0 Å². The summed E-state index contributed by atoms with van der Waals surface area (Å²) in [4.78, 5) is 24.2. The Balaban J connectivity index is 0.000000368. The molecular formula is C31H31FN2O4. The molecule has 2 aliphatic rings. The highest BCUT2D eigenvalue weighted by atomic mass is 19.1. The number of hydrogen-bond donors (Lipinski definition) is 2. The third-order valence-electron chi connectivity index (χ3n) is 6.79. The molecular weight excluding hydrogens is 483 g/mol. The van der Waals surface area contributed by atoms with E-state index in [0.29, 0.717) is 12.2 Å². The van der Waals surface area contributed by atoms with Crippen LogP contribution in [0.5, 0.6) is 0 Å². The van der Waals surface area contributed by atoms with Crippen LogP contribution in [0.2, 0.25) is 0 Å². The zero-order valence-corrected chi connectivity index (χ0v) is 21.1. The first kappa shape index (κ1) is 26.8.